The van der Waals surface area contributed by atoms with Gasteiger partial charge in [-0.3, -0.25) is 0 Å². The van der Waals surface area contributed by atoms with Crippen molar-refractivity contribution in [1.82, 2.24) is 5.32 Å². The van der Waals surface area contributed by atoms with Crippen molar-refractivity contribution in [1.29, 1.82) is 0 Å². The van der Waals surface area contributed by atoms with Crippen molar-refractivity contribution < 1.29 is 9.15 Å². The lowest BCUT2D eigenvalue weighted by Gasteiger charge is -2.17. The summed E-state index contributed by atoms with van der Waals surface area (Å²) in [5.41, 5.74) is 0. The fraction of sp³-hybridized carbons (Fsp3) is 0.333. The molecule has 0 bridgehead atoms. The predicted molar refractivity (Wildman–Crippen MR) is 79.4 cm³/mol. The molecule has 0 radical (unpaired) electrons. The predicted octanol–water partition coefficient (Wildman–Crippen LogP) is 4.16. The van der Waals surface area contributed by atoms with Crippen LogP contribution in [0.5, 0.6) is 5.75 Å². The lowest BCUT2D eigenvalue weighted by Crippen LogP contribution is -2.27. The summed E-state index contributed by atoms with van der Waals surface area (Å²) in [7, 11) is 0. The maximum atomic E-state index is 5.80. The molecule has 1 heterocycles. The summed E-state index contributed by atoms with van der Waals surface area (Å²) < 4.78 is 12.3. The van der Waals surface area contributed by atoms with Gasteiger partial charge in [-0.1, -0.05) is 25.1 Å². The SMILES string of the molecule is CCCNC(COc1ccccc1)c1occc1Br. The van der Waals surface area contributed by atoms with Gasteiger partial charge < -0.3 is 14.5 Å². The molecule has 0 fully saturated rings. The molecule has 1 atom stereocenters. The van der Waals surface area contributed by atoms with Crippen LogP contribution >= 0.6 is 15.9 Å². The highest BCUT2D eigenvalue weighted by molar-refractivity contribution is 9.10. The number of para-hydroxylation sites is 1. The maximum Gasteiger partial charge on any atom is 0.138 e. The van der Waals surface area contributed by atoms with Crippen LogP contribution in [0.4, 0.5) is 0 Å². The summed E-state index contributed by atoms with van der Waals surface area (Å²) in [6.07, 6.45) is 2.75. The van der Waals surface area contributed by atoms with Crippen molar-refractivity contribution in [2.24, 2.45) is 0 Å². The van der Waals surface area contributed by atoms with E-state index < -0.39 is 0 Å². The van der Waals surface area contributed by atoms with E-state index in [0.717, 1.165) is 28.9 Å². The molecule has 1 aromatic carbocycles. The zero-order valence-electron chi connectivity index (χ0n) is 10.9. The molecular formula is C15H18BrNO2. The van der Waals surface area contributed by atoms with Crippen LogP contribution in [0.2, 0.25) is 0 Å². The highest BCUT2D eigenvalue weighted by Crippen LogP contribution is 2.25. The molecule has 2 aromatic rings. The Labute approximate surface area is 122 Å². The molecule has 102 valence electrons. The minimum Gasteiger partial charge on any atom is -0.491 e. The van der Waals surface area contributed by atoms with Gasteiger partial charge in [0.1, 0.15) is 24.2 Å². The van der Waals surface area contributed by atoms with Crippen molar-refractivity contribution in [2.45, 2.75) is 19.4 Å². The molecule has 0 aliphatic heterocycles. The number of nitrogens with one attached hydrogen (secondary N) is 1. The Morgan fingerprint density at radius 1 is 1.26 bits per heavy atom. The lowest BCUT2D eigenvalue weighted by molar-refractivity contribution is 0.246. The van der Waals surface area contributed by atoms with Gasteiger partial charge in [-0.2, -0.15) is 0 Å². The second kappa shape index (κ2) is 7.36. The summed E-state index contributed by atoms with van der Waals surface area (Å²) in [6.45, 7) is 3.60. The van der Waals surface area contributed by atoms with Crippen molar-refractivity contribution >= 4 is 15.9 Å². The average Bonchev–Trinajstić information content (AvgIpc) is 2.86. The van der Waals surface area contributed by atoms with Crippen LogP contribution < -0.4 is 10.1 Å². The Balaban J connectivity index is 2.00. The zero-order chi connectivity index (χ0) is 13.5. The van der Waals surface area contributed by atoms with Gasteiger partial charge in [0.2, 0.25) is 0 Å². The van der Waals surface area contributed by atoms with Crippen LogP contribution in [0.1, 0.15) is 25.1 Å². The topological polar surface area (TPSA) is 34.4 Å². The zero-order valence-corrected chi connectivity index (χ0v) is 12.5. The second-order valence-electron chi connectivity index (χ2n) is 4.26. The molecule has 1 N–H and O–H groups in total. The normalized spacial score (nSPS) is 12.3. The monoisotopic (exact) mass is 323 g/mol. The van der Waals surface area contributed by atoms with Crippen LogP contribution in [0.15, 0.2) is 51.6 Å². The summed E-state index contributed by atoms with van der Waals surface area (Å²) >= 11 is 3.50. The standard InChI is InChI=1S/C15H18BrNO2/c1-2-9-17-14(15-13(16)8-10-18-15)11-19-12-6-4-3-5-7-12/h3-8,10,14,17H,2,9,11H2,1H3. The largest absolute Gasteiger partial charge is 0.491 e. The van der Waals surface area contributed by atoms with Gasteiger partial charge in [0.25, 0.3) is 0 Å². The van der Waals surface area contributed by atoms with Gasteiger partial charge in [-0.25, -0.2) is 0 Å². The third kappa shape index (κ3) is 4.11. The summed E-state index contributed by atoms with van der Waals surface area (Å²) in [5.74, 6) is 1.75. The Morgan fingerprint density at radius 3 is 2.68 bits per heavy atom. The summed E-state index contributed by atoms with van der Waals surface area (Å²) in [4.78, 5) is 0. The van der Waals surface area contributed by atoms with Crippen LogP contribution in [-0.2, 0) is 0 Å². The average molecular weight is 324 g/mol. The first-order chi connectivity index (χ1) is 9.31. The number of furan rings is 1. The summed E-state index contributed by atoms with van der Waals surface area (Å²) in [5, 5.41) is 3.43. The van der Waals surface area contributed by atoms with E-state index in [-0.39, 0.29) is 6.04 Å². The fourth-order valence-electron chi connectivity index (χ4n) is 1.80. The number of benzene rings is 1. The van der Waals surface area contributed by atoms with E-state index in [1.807, 2.05) is 36.4 Å². The van der Waals surface area contributed by atoms with E-state index in [9.17, 15) is 0 Å². The van der Waals surface area contributed by atoms with Gasteiger partial charge in [-0.05, 0) is 47.1 Å². The Hall–Kier alpha value is -1.26. The molecule has 4 heteroatoms. The number of hydrogen-bond acceptors (Lipinski definition) is 3. The van der Waals surface area contributed by atoms with E-state index in [1.165, 1.54) is 0 Å². The van der Waals surface area contributed by atoms with Crippen LogP contribution in [0.3, 0.4) is 0 Å². The molecule has 0 amide bonds. The first-order valence-electron chi connectivity index (χ1n) is 6.45. The Bertz CT molecular complexity index is 484. The van der Waals surface area contributed by atoms with Crippen LogP contribution in [-0.4, -0.2) is 13.2 Å². The number of hydrogen-bond donors (Lipinski definition) is 1. The highest BCUT2D eigenvalue weighted by atomic mass is 79.9. The first-order valence-corrected chi connectivity index (χ1v) is 7.24. The highest BCUT2D eigenvalue weighted by Gasteiger charge is 2.18. The van der Waals surface area contributed by atoms with Crippen LogP contribution in [0, 0.1) is 0 Å². The number of rotatable bonds is 7. The van der Waals surface area contributed by atoms with Crippen molar-refractivity contribution in [2.75, 3.05) is 13.2 Å². The number of ether oxygens (including phenoxy) is 1. The van der Waals surface area contributed by atoms with Gasteiger partial charge in [-0.15, -0.1) is 0 Å². The molecule has 0 aliphatic rings. The molecule has 1 aromatic heterocycles. The first kappa shape index (κ1) is 14.2. The van der Waals surface area contributed by atoms with Gasteiger partial charge >= 0.3 is 0 Å². The van der Waals surface area contributed by atoms with Crippen molar-refractivity contribution in [3.8, 4) is 5.75 Å². The Morgan fingerprint density at radius 2 is 2.05 bits per heavy atom. The van der Waals surface area contributed by atoms with E-state index >= 15 is 0 Å². The van der Waals surface area contributed by atoms with Crippen molar-refractivity contribution in [3.05, 3.63) is 52.9 Å². The van der Waals surface area contributed by atoms with Gasteiger partial charge in [0.05, 0.1) is 10.7 Å². The Kier molecular flexibility index (Phi) is 5.48. The smallest absolute Gasteiger partial charge is 0.138 e. The molecular weight excluding hydrogens is 306 g/mol. The molecule has 1 unspecified atom stereocenters. The minimum atomic E-state index is 0.0459. The maximum absolute atomic E-state index is 5.80. The quantitative estimate of drug-likeness (QED) is 0.830. The molecule has 19 heavy (non-hydrogen) atoms. The number of halogens is 1. The molecule has 2 rings (SSSR count). The van der Waals surface area contributed by atoms with Crippen LogP contribution in [0.25, 0.3) is 0 Å². The molecule has 0 saturated carbocycles. The minimum absolute atomic E-state index is 0.0459. The third-order valence-corrected chi connectivity index (χ3v) is 3.42. The molecule has 3 nitrogen and oxygen atoms in total. The molecule has 0 spiro atoms. The van der Waals surface area contributed by atoms with E-state index in [1.54, 1.807) is 6.26 Å². The molecule has 0 aliphatic carbocycles. The summed E-state index contributed by atoms with van der Waals surface area (Å²) in [6, 6.07) is 11.8. The van der Waals surface area contributed by atoms with Gasteiger partial charge in [0.15, 0.2) is 0 Å². The molecule has 0 saturated heterocycles. The van der Waals surface area contributed by atoms with Crippen molar-refractivity contribution in [3.63, 3.8) is 0 Å². The fourth-order valence-corrected chi connectivity index (χ4v) is 2.27. The van der Waals surface area contributed by atoms with E-state index in [0.29, 0.717) is 6.61 Å². The van der Waals surface area contributed by atoms with Gasteiger partial charge in [0, 0.05) is 0 Å². The lowest BCUT2D eigenvalue weighted by atomic mass is 10.2. The third-order valence-electron chi connectivity index (χ3n) is 2.76. The van der Waals surface area contributed by atoms with E-state index in [2.05, 4.69) is 28.2 Å². The van der Waals surface area contributed by atoms with E-state index in [4.69, 9.17) is 9.15 Å². The second-order valence-corrected chi connectivity index (χ2v) is 5.12.